The largest absolute Gasteiger partial charge is 0.384 e. The van der Waals surface area contributed by atoms with Crippen LogP contribution in [0.3, 0.4) is 0 Å². The first kappa shape index (κ1) is 7.42. The fourth-order valence-corrected chi connectivity index (χ4v) is 2.78. The average Bonchev–Trinajstić information content (AvgIpc) is 2.62. The van der Waals surface area contributed by atoms with Crippen molar-refractivity contribution in [1.29, 1.82) is 0 Å². The van der Waals surface area contributed by atoms with Crippen molar-refractivity contribution in [3.8, 4) is 0 Å². The zero-order valence-corrected chi connectivity index (χ0v) is 7.90. The van der Waals surface area contributed by atoms with Gasteiger partial charge in [-0.25, -0.2) is 4.68 Å². The number of aryl methyl sites for hydroxylation is 1. The summed E-state index contributed by atoms with van der Waals surface area (Å²) in [5, 5.41) is 4.46. The highest BCUT2D eigenvalue weighted by Crippen LogP contribution is 2.57. The molecule has 2 fully saturated rings. The summed E-state index contributed by atoms with van der Waals surface area (Å²) >= 11 is 0. The Morgan fingerprint density at radius 1 is 1.54 bits per heavy atom. The lowest BCUT2D eigenvalue weighted by molar-refractivity contribution is 0.422. The molecule has 2 aliphatic rings. The van der Waals surface area contributed by atoms with E-state index in [1.165, 1.54) is 19.3 Å². The molecule has 0 amide bonds. The molecular weight excluding hydrogens is 162 g/mol. The van der Waals surface area contributed by atoms with Crippen molar-refractivity contribution in [3.63, 3.8) is 0 Å². The van der Waals surface area contributed by atoms with Gasteiger partial charge in [0.25, 0.3) is 0 Å². The normalized spacial score (nSPS) is 36.2. The number of nitrogens with zero attached hydrogens (tertiary/aromatic N) is 2. The van der Waals surface area contributed by atoms with Gasteiger partial charge in [0, 0.05) is 6.07 Å². The number of hydrogen-bond donors (Lipinski definition) is 1. The first-order valence-electron chi connectivity index (χ1n) is 5.07. The molecule has 3 rings (SSSR count). The molecule has 3 unspecified atom stereocenters. The lowest BCUT2D eigenvalue weighted by Crippen LogP contribution is -2.12. The number of aromatic nitrogens is 2. The lowest BCUT2D eigenvalue weighted by atomic mass is 10.2. The molecule has 13 heavy (non-hydrogen) atoms. The van der Waals surface area contributed by atoms with E-state index in [1.807, 2.05) is 17.7 Å². The Labute approximate surface area is 77.9 Å². The monoisotopic (exact) mass is 177 g/mol. The summed E-state index contributed by atoms with van der Waals surface area (Å²) in [4.78, 5) is 0. The third-order valence-corrected chi connectivity index (χ3v) is 3.51. The number of nitrogens with two attached hydrogens (primary N) is 1. The van der Waals surface area contributed by atoms with E-state index in [-0.39, 0.29) is 0 Å². The minimum atomic E-state index is 0.610. The quantitative estimate of drug-likeness (QED) is 0.710. The molecule has 3 heteroatoms. The van der Waals surface area contributed by atoms with Crippen LogP contribution in [-0.4, -0.2) is 9.78 Å². The second kappa shape index (κ2) is 2.28. The minimum Gasteiger partial charge on any atom is -0.384 e. The van der Waals surface area contributed by atoms with Gasteiger partial charge in [0.15, 0.2) is 0 Å². The van der Waals surface area contributed by atoms with Crippen molar-refractivity contribution in [1.82, 2.24) is 9.78 Å². The Morgan fingerprint density at radius 2 is 2.38 bits per heavy atom. The Bertz CT molecular complexity index is 342. The van der Waals surface area contributed by atoms with E-state index in [2.05, 4.69) is 5.10 Å². The first-order chi connectivity index (χ1) is 6.25. The number of anilines is 1. The van der Waals surface area contributed by atoms with E-state index < -0.39 is 0 Å². The van der Waals surface area contributed by atoms with Crippen molar-refractivity contribution in [2.75, 3.05) is 5.73 Å². The van der Waals surface area contributed by atoms with E-state index in [1.54, 1.807) is 0 Å². The van der Waals surface area contributed by atoms with Gasteiger partial charge in [-0.3, -0.25) is 0 Å². The van der Waals surface area contributed by atoms with Gasteiger partial charge < -0.3 is 5.73 Å². The predicted molar refractivity (Wildman–Crippen MR) is 51.2 cm³/mol. The number of fused-ring (bicyclic) bond motifs is 1. The van der Waals surface area contributed by atoms with E-state index in [0.29, 0.717) is 6.04 Å². The molecule has 3 nitrogen and oxygen atoms in total. The Hall–Kier alpha value is -0.990. The summed E-state index contributed by atoms with van der Waals surface area (Å²) in [7, 11) is 0. The molecule has 1 aromatic heterocycles. The maximum absolute atomic E-state index is 5.90. The molecule has 0 aliphatic heterocycles. The molecule has 2 aliphatic carbocycles. The van der Waals surface area contributed by atoms with Crippen LogP contribution in [0.2, 0.25) is 0 Å². The second-order valence-corrected chi connectivity index (χ2v) is 4.46. The maximum Gasteiger partial charge on any atom is 0.122 e. The highest BCUT2D eigenvalue weighted by molar-refractivity contribution is 5.31. The molecule has 0 bridgehead atoms. The van der Waals surface area contributed by atoms with Gasteiger partial charge in [0.1, 0.15) is 5.82 Å². The fourth-order valence-electron chi connectivity index (χ4n) is 2.78. The van der Waals surface area contributed by atoms with Crippen LogP contribution in [0.25, 0.3) is 0 Å². The van der Waals surface area contributed by atoms with Gasteiger partial charge in [0.05, 0.1) is 11.7 Å². The molecule has 0 radical (unpaired) electrons. The minimum absolute atomic E-state index is 0.610. The van der Waals surface area contributed by atoms with Crippen LogP contribution in [0.15, 0.2) is 6.07 Å². The molecule has 2 saturated carbocycles. The molecule has 3 atom stereocenters. The molecule has 2 N–H and O–H groups in total. The van der Waals surface area contributed by atoms with Crippen molar-refractivity contribution in [2.45, 2.75) is 32.2 Å². The SMILES string of the molecule is Cc1cc(N)n(C2CCC3CC32)n1. The van der Waals surface area contributed by atoms with Gasteiger partial charge in [-0.1, -0.05) is 0 Å². The van der Waals surface area contributed by atoms with Gasteiger partial charge in [0.2, 0.25) is 0 Å². The summed E-state index contributed by atoms with van der Waals surface area (Å²) in [6.07, 6.45) is 4.07. The van der Waals surface area contributed by atoms with Crippen LogP contribution < -0.4 is 5.73 Å². The van der Waals surface area contributed by atoms with E-state index in [0.717, 1.165) is 23.3 Å². The van der Waals surface area contributed by atoms with Crippen molar-refractivity contribution < 1.29 is 0 Å². The van der Waals surface area contributed by atoms with Crippen molar-refractivity contribution in [2.24, 2.45) is 11.8 Å². The molecule has 0 aromatic carbocycles. The summed E-state index contributed by atoms with van der Waals surface area (Å²) in [5.41, 5.74) is 6.95. The van der Waals surface area contributed by atoms with Crippen LogP contribution in [0, 0.1) is 18.8 Å². The van der Waals surface area contributed by atoms with Gasteiger partial charge in [-0.2, -0.15) is 5.10 Å². The maximum atomic E-state index is 5.90. The van der Waals surface area contributed by atoms with E-state index >= 15 is 0 Å². The van der Waals surface area contributed by atoms with Crippen LogP contribution in [0.5, 0.6) is 0 Å². The number of hydrogen-bond acceptors (Lipinski definition) is 2. The van der Waals surface area contributed by atoms with Crippen molar-refractivity contribution in [3.05, 3.63) is 11.8 Å². The predicted octanol–water partition coefficient (Wildman–Crippen LogP) is 1.74. The van der Waals surface area contributed by atoms with Gasteiger partial charge in [-0.05, 0) is 38.0 Å². The topological polar surface area (TPSA) is 43.8 Å². The number of rotatable bonds is 1. The second-order valence-electron chi connectivity index (χ2n) is 4.46. The third kappa shape index (κ3) is 0.992. The molecule has 0 saturated heterocycles. The van der Waals surface area contributed by atoms with E-state index in [9.17, 15) is 0 Å². The van der Waals surface area contributed by atoms with Crippen LogP contribution in [0.1, 0.15) is 31.0 Å². The molecule has 70 valence electrons. The Kier molecular flexibility index (Phi) is 1.30. The summed E-state index contributed by atoms with van der Waals surface area (Å²) in [6, 6.07) is 2.58. The molecule has 0 spiro atoms. The van der Waals surface area contributed by atoms with Gasteiger partial charge >= 0.3 is 0 Å². The van der Waals surface area contributed by atoms with Gasteiger partial charge in [-0.15, -0.1) is 0 Å². The van der Waals surface area contributed by atoms with E-state index in [4.69, 9.17) is 5.73 Å². The third-order valence-electron chi connectivity index (χ3n) is 3.51. The fraction of sp³-hybridized carbons (Fsp3) is 0.700. The lowest BCUT2D eigenvalue weighted by Gasteiger charge is -2.13. The zero-order chi connectivity index (χ0) is 9.00. The van der Waals surface area contributed by atoms with Crippen molar-refractivity contribution >= 4 is 5.82 Å². The van der Waals surface area contributed by atoms with Crippen LogP contribution >= 0.6 is 0 Å². The molecular formula is C10H15N3. The number of nitrogen functional groups attached to an aromatic ring is 1. The Balaban J connectivity index is 1.95. The Morgan fingerprint density at radius 3 is 2.85 bits per heavy atom. The smallest absolute Gasteiger partial charge is 0.122 e. The summed E-state index contributed by atoms with van der Waals surface area (Å²) in [6.45, 7) is 2.01. The summed E-state index contributed by atoms with van der Waals surface area (Å²) in [5.74, 6) is 2.73. The average molecular weight is 177 g/mol. The zero-order valence-electron chi connectivity index (χ0n) is 7.90. The highest BCUT2D eigenvalue weighted by atomic mass is 15.3. The summed E-state index contributed by atoms with van der Waals surface area (Å²) < 4.78 is 2.05. The molecule has 1 aromatic rings. The molecule has 1 heterocycles. The standard InChI is InChI=1S/C10H15N3/c1-6-4-10(11)13(12-6)9-3-2-7-5-8(7)9/h4,7-9H,2-3,5,11H2,1H3. The van der Waals surface area contributed by atoms with Crippen LogP contribution in [0.4, 0.5) is 5.82 Å². The highest BCUT2D eigenvalue weighted by Gasteiger charge is 2.49. The first-order valence-corrected chi connectivity index (χ1v) is 5.07. The van der Waals surface area contributed by atoms with Crippen LogP contribution in [-0.2, 0) is 0 Å².